The Kier molecular flexibility index (Phi) is 4.72. The molecule has 0 atom stereocenters. The predicted octanol–water partition coefficient (Wildman–Crippen LogP) is 3.95. The number of rotatable bonds is 4. The van der Waals surface area contributed by atoms with Gasteiger partial charge in [-0.1, -0.05) is 24.3 Å². The Morgan fingerprint density at radius 2 is 1.79 bits per heavy atom. The highest BCUT2D eigenvalue weighted by atomic mass is 19.4. The van der Waals surface area contributed by atoms with E-state index in [0.29, 0.717) is 0 Å². The first-order chi connectivity index (χ1) is 11.2. The minimum absolute atomic E-state index is 0.245. The molecular formula is C15H10F3NO5. The SMILES string of the molecule is COC(=O)c1cccc([N+](=O)[O-])c1-c1ccccc1OC(F)(F)F. The number of benzene rings is 2. The minimum Gasteiger partial charge on any atom is -0.465 e. The summed E-state index contributed by atoms with van der Waals surface area (Å²) in [4.78, 5) is 22.3. The van der Waals surface area contributed by atoms with Gasteiger partial charge in [0.1, 0.15) is 5.75 Å². The van der Waals surface area contributed by atoms with Gasteiger partial charge in [0.15, 0.2) is 0 Å². The molecule has 0 aliphatic rings. The van der Waals surface area contributed by atoms with Gasteiger partial charge in [0.25, 0.3) is 5.69 Å². The molecule has 2 rings (SSSR count). The number of halogens is 3. The van der Waals surface area contributed by atoms with Gasteiger partial charge in [0.05, 0.1) is 23.2 Å². The second-order valence-corrected chi connectivity index (χ2v) is 4.49. The van der Waals surface area contributed by atoms with Gasteiger partial charge in [0.2, 0.25) is 0 Å². The third kappa shape index (κ3) is 3.62. The molecule has 0 saturated heterocycles. The molecule has 0 spiro atoms. The van der Waals surface area contributed by atoms with Crippen molar-refractivity contribution in [1.82, 2.24) is 0 Å². The number of esters is 1. The summed E-state index contributed by atoms with van der Waals surface area (Å²) in [5.74, 6) is -1.58. The third-order valence-corrected chi connectivity index (χ3v) is 3.03. The van der Waals surface area contributed by atoms with Crippen molar-refractivity contribution in [2.75, 3.05) is 7.11 Å². The maximum Gasteiger partial charge on any atom is 0.573 e. The number of methoxy groups -OCH3 is 1. The van der Waals surface area contributed by atoms with E-state index in [-0.39, 0.29) is 16.7 Å². The first-order valence-corrected chi connectivity index (χ1v) is 6.45. The first-order valence-electron chi connectivity index (χ1n) is 6.45. The smallest absolute Gasteiger partial charge is 0.465 e. The fourth-order valence-corrected chi connectivity index (χ4v) is 2.14. The van der Waals surface area contributed by atoms with Gasteiger partial charge in [-0.15, -0.1) is 13.2 Å². The van der Waals surface area contributed by atoms with Crippen LogP contribution in [0.15, 0.2) is 42.5 Å². The first kappa shape index (κ1) is 17.3. The van der Waals surface area contributed by atoms with Crippen molar-refractivity contribution >= 4 is 11.7 Å². The Labute approximate surface area is 133 Å². The molecule has 0 heterocycles. The highest BCUT2D eigenvalue weighted by Crippen LogP contribution is 2.40. The van der Waals surface area contributed by atoms with Crippen LogP contribution in [0, 0.1) is 10.1 Å². The van der Waals surface area contributed by atoms with Crippen LogP contribution in [0.1, 0.15) is 10.4 Å². The topological polar surface area (TPSA) is 78.7 Å². The lowest BCUT2D eigenvalue weighted by Gasteiger charge is -2.15. The van der Waals surface area contributed by atoms with E-state index in [1.807, 2.05) is 0 Å². The molecule has 0 N–H and O–H groups in total. The highest BCUT2D eigenvalue weighted by molar-refractivity contribution is 6.01. The normalized spacial score (nSPS) is 11.0. The van der Waals surface area contributed by atoms with Gasteiger partial charge in [-0.3, -0.25) is 10.1 Å². The van der Waals surface area contributed by atoms with Crippen LogP contribution in [0.5, 0.6) is 5.75 Å². The Morgan fingerprint density at radius 3 is 2.38 bits per heavy atom. The van der Waals surface area contributed by atoms with Gasteiger partial charge >= 0.3 is 12.3 Å². The van der Waals surface area contributed by atoms with E-state index in [1.165, 1.54) is 30.3 Å². The number of nitro benzene ring substituents is 1. The van der Waals surface area contributed by atoms with Crippen LogP contribution < -0.4 is 4.74 Å². The minimum atomic E-state index is -4.99. The van der Waals surface area contributed by atoms with E-state index in [1.54, 1.807) is 0 Å². The number of nitrogens with zero attached hydrogens (tertiary/aromatic N) is 1. The zero-order valence-corrected chi connectivity index (χ0v) is 12.2. The van der Waals surface area contributed by atoms with E-state index in [0.717, 1.165) is 19.2 Å². The Morgan fingerprint density at radius 1 is 1.12 bits per heavy atom. The predicted molar refractivity (Wildman–Crippen MR) is 76.6 cm³/mol. The Balaban J connectivity index is 2.76. The van der Waals surface area contributed by atoms with E-state index in [4.69, 9.17) is 0 Å². The summed E-state index contributed by atoms with van der Waals surface area (Å²) in [6.45, 7) is 0. The van der Waals surface area contributed by atoms with Crippen molar-refractivity contribution in [3.8, 4) is 16.9 Å². The average Bonchev–Trinajstić information content (AvgIpc) is 2.52. The van der Waals surface area contributed by atoms with Crippen molar-refractivity contribution in [3.63, 3.8) is 0 Å². The largest absolute Gasteiger partial charge is 0.573 e. The molecule has 0 aliphatic carbocycles. The molecular weight excluding hydrogens is 331 g/mol. The van der Waals surface area contributed by atoms with Crippen molar-refractivity contribution in [1.29, 1.82) is 0 Å². The summed E-state index contributed by atoms with van der Waals surface area (Å²) in [6, 6.07) is 8.37. The fraction of sp³-hybridized carbons (Fsp3) is 0.133. The number of ether oxygens (including phenoxy) is 2. The summed E-state index contributed by atoms with van der Waals surface area (Å²) in [7, 11) is 1.06. The summed E-state index contributed by atoms with van der Waals surface area (Å²) in [5, 5.41) is 11.2. The number of hydrogen-bond donors (Lipinski definition) is 0. The van der Waals surface area contributed by atoms with Gasteiger partial charge < -0.3 is 9.47 Å². The zero-order valence-electron chi connectivity index (χ0n) is 12.2. The molecule has 24 heavy (non-hydrogen) atoms. The standard InChI is InChI=1S/C15H10F3NO5/c1-23-14(20)10-6-4-7-11(19(21)22)13(10)9-5-2-3-8-12(9)24-15(16,17)18/h2-8H,1H3. The molecule has 0 fully saturated rings. The van der Waals surface area contributed by atoms with Gasteiger partial charge in [-0.2, -0.15) is 0 Å². The van der Waals surface area contributed by atoms with Gasteiger partial charge in [0, 0.05) is 11.6 Å². The summed E-state index contributed by atoms with van der Waals surface area (Å²) in [6.07, 6.45) is -4.99. The molecule has 0 aromatic heterocycles. The fourth-order valence-electron chi connectivity index (χ4n) is 2.14. The number of para-hydroxylation sites is 1. The summed E-state index contributed by atoms with van der Waals surface area (Å²) < 4.78 is 46.2. The van der Waals surface area contributed by atoms with Gasteiger partial charge in [-0.25, -0.2) is 4.79 Å². The molecule has 0 aliphatic heterocycles. The zero-order chi connectivity index (χ0) is 17.9. The lowest BCUT2D eigenvalue weighted by molar-refractivity contribution is -0.384. The van der Waals surface area contributed by atoms with Crippen LogP contribution in [-0.4, -0.2) is 24.4 Å². The molecule has 6 nitrogen and oxygen atoms in total. The lowest BCUT2D eigenvalue weighted by Crippen LogP contribution is -2.18. The maximum atomic E-state index is 12.6. The lowest BCUT2D eigenvalue weighted by atomic mass is 9.97. The number of hydrogen-bond acceptors (Lipinski definition) is 5. The maximum absolute atomic E-state index is 12.6. The molecule has 2 aromatic rings. The van der Waals surface area contributed by atoms with Crippen molar-refractivity contribution in [3.05, 3.63) is 58.1 Å². The number of carbonyl (C=O) groups is 1. The molecule has 2 aromatic carbocycles. The van der Waals surface area contributed by atoms with Crippen molar-refractivity contribution in [2.45, 2.75) is 6.36 Å². The van der Waals surface area contributed by atoms with Crippen molar-refractivity contribution in [2.24, 2.45) is 0 Å². The van der Waals surface area contributed by atoms with E-state index >= 15 is 0 Å². The number of nitro groups is 1. The molecule has 9 heteroatoms. The van der Waals surface area contributed by atoms with E-state index in [9.17, 15) is 28.1 Å². The molecule has 0 bridgehead atoms. The van der Waals surface area contributed by atoms with Crippen molar-refractivity contribution < 1.29 is 32.4 Å². The van der Waals surface area contributed by atoms with Crippen LogP contribution in [0.2, 0.25) is 0 Å². The number of carbonyl (C=O) groups excluding carboxylic acids is 1. The van der Waals surface area contributed by atoms with Crippen LogP contribution in [0.25, 0.3) is 11.1 Å². The average molecular weight is 341 g/mol. The van der Waals surface area contributed by atoms with Crippen LogP contribution in [0.3, 0.4) is 0 Å². The molecule has 0 unspecified atom stereocenters. The second kappa shape index (κ2) is 6.57. The van der Waals surface area contributed by atoms with Crippen LogP contribution >= 0.6 is 0 Å². The van der Waals surface area contributed by atoms with E-state index in [2.05, 4.69) is 9.47 Å². The van der Waals surface area contributed by atoms with E-state index < -0.39 is 28.7 Å². The van der Waals surface area contributed by atoms with Crippen LogP contribution in [0.4, 0.5) is 18.9 Å². The summed E-state index contributed by atoms with van der Waals surface area (Å²) >= 11 is 0. The molecule has 0 radical (unpaired) electrons. The Hall–Kier alpha value is -3.10. The van der Waals surface area contributed by atoms with Crippen LogP contribution in [-0.2, 0) is 4.74 Å². The second-order valence-electron chi connectivity index (χ2n) is 4.49. The third-order valence-electron chi connectivity index (χ3n) is 3.03. The highest BCUT2D eigenvalue weighted by Gasteiger charge is 2.34. The van der Waals surface area contributed by atoms with Gasteiger partial charge in [-0.05, 0) is 12.1 Å². The monoisotopic (exact) mass is 341 g/mol. The number of alkyl halides is 3. The quantitative estimate of drug-likeness (QED) is 0.478. The summed E-state index contributed by atoms with van der Waals surface area (Å²) in [5.41, 5.74) is -1.35. The Bertz CT molecular complexity index is 789. The molecule has 0 saturated carbocycles. The molecule has 126 valence electrons. The molecule has 0 amide bonds.